The van der Waals surface area contributed by atoms with Crippen LogP contribution in [0.15, 0.2) is 36.7 Å². The summed E-state index contributed by atoms with van der Waals surface area (Å²) in [7, 11) is 0. The van der Waals surface area contributed by atoms with Crippen LogP contribution in [0.5, 0.6) is 11.5 Å². The first-order chi connectivity index (χ1) is 9.85. The molecule has 1 aromatic heterocycles. The molecule has 112 valence electrons. The van der Waals surface area contributed by atoms with E-state index in [9.17, 15) is 0 Å². The summed E-state index contributed by atoms with van der Waals surface area (Å²) in [6, 6.07) is 7.50. The van der Waals surface area contributed by atoms with Gasteiger partial charge < -0.3 is 10.1 Å². The van der Waals surface area contributed by atoms with Gasteiger partial charge in [-0.25, -0.2) is 0 Å². The smallest absolute Gasteiger partial charge is 0.135 e. The van der Waals surface area contributed by atoms with E-state index in [-0.39, 0.29) is 5.54 Å². The summed E-state index contributed by atoms with van der Waals surface area (Å²) in [5.74, 6) is 1.62. The van der Waals surface area contributed by atoms with Gasteiger partial charge >= 0.3 is 0 Å². The lowest BCUT2D eigenvalue weighted by Gasteiger charge is -2.21. The predicted molar refractivity (Wildman–Crippen MR) is 87.1 cm³/mol. The second-order valence-electron chi connectivity index (χ2n) is 6.10. The highest BCUT2D eigenvalue weighted by molar-refractivity contribution is 6.30. The number of ether oxygens (including phenoxy) is 1. The van der Waals surface area contributed by atoms with Crippen LogP contribution in [0, 0.1) is 6.92 Å². The Morgan fingerprint density at radius 2 is 1.95 bits per heavy atom. The summed E-state index contributed by atoms with van der Waals surface area (Å²) in [5.41, 5.74) is 2.08. The maximum Gasteiger partial charge on any atom is 0.135 e. The fourth-order valence-electron chi connectivity index (χ4n) is 1.85. The van der Waals surface area contributed by atoms with Gasteiger partial charge in [-0.2, -0.15) is 0 Å². The van der Waals surface area contributed by atoms with Crippen LogP contribution in [-0.2, 0) is 6.54 Å². The molecule has 0 atom stereocenters. The van der Waals surface area contributed by atoms with Gasteiger partial charge in [-0.3, -0.25) is 4.98 Å². The summed E-state index contributed by atoms with van der Waals surface area (Å²) in [6.45, 7) is 9.09. The lowest BCUT2D eigenvalue weighted by atomic mass is 10.1. The Hall–Kier alpha value is -1.58. The van der Waals surface area contributed by atoms with Crippen molar-refractivity contribution in [3.8, 4) is 11.5 Å². The molecule has 1 aromatic carbocycles. The normalized spacial score (nSPS) is 11.5. The third-order valence-electron chi connectivity index (χ3n) is 3.02. The lowest BCUT2D eigenvalue weighted by molar-refractivity contribution is 0.413. The van der Waals surface area contributed by atoms with Gasteiger partial charge in [0, 0.05) is 35.1 Å². The lowest BCUT2D eigenvalue weighted by Crippen LogP contribution is -2.35. The molecule has 0 aliphatic rings. The quantitative estimate of drug-likeness (QED) is 0.887. The van der Waals surface area contributed by atoms with E-state index in [1.807, 2.05) is 37.4 Å². The molecule has 4 heteroatoms. The highest BCUT2D eigenvalue weighted by Crippen LogP contribution is 2.29. The number of rotatable bonds is 4. The van der Waals surface area contributed by atoms with Gasteiger partial charge in [0.15, 0.2) is 0 Å². The minimum atomic E-state index is 0.0449. The largest absolute Gasteiger partial charge is 0.457 e. The predicted octanol–water partition coefficient (Wildman–Crippen LogP) is 4.72. The van der Waals surface area contributed by atoms with Crippen molar-refractivity contribution in [2.75, 3.05) is 0 Å². The fraction of sp³-hybridized carbons (Fsp3) is 0.353. The fourth-order valence-corrected chi connectivity index (χ4v) is 2.08. The zero-order valence-electron chi connectivity index (χ0n) is 12.9. The highest BCUT2D eigenvalue weighted by Gasteiger charge is 2.12. The maximum absolute atomic E-state index is 6.02. The van der Waals surface area contributed by atoms with Crippen LogP contribution in [0.1, 0.15) is 31.9 Å². The van der Waals surface area contributed by atoms with Crippen molar-refractivity contribution in [2.45, 2.75) is 39.8 Å². The Labute approximate surface area is 131 Å². The molecule has 0 saturated heterocycles. The average molecular weight is 305 g/mol. The molecule has 0 unspecified atom stereocenters. The van der Waals surface area contributed by atoms with Crippen LogP contribution in [0.25, 0.3) is 0 Å². The van der Waals surface area contributed by atoms with Crippen LogP contribution in [0.2, 0.25) is 5.02 Å². The van der Waals surface area contributed by atoms with Crippen molar-refractivity contribution in [3.05, 3.63) is 52.8 Å². The van der Waals surface area contributed by atoms with Gasteiger partial charge in [-0.1, -0.05) is 11.6 Å². The number of nitrogens with zero attached hydrogens (tertiary/aromatic N) is 1. The summed E-state index contributed by atoms with van der Waals surface area (Å²) in [5, 5.41) is 4.16. The molecule has 0 radical (unpaired) electrons. The summed E-state index contributed by atoms with van der Waals surface area (Å²) in [4.78, 5) is 4.18. The number of benzene rings is 1. The molecule has 1 N–H and O–H groups in total. The van der Waals surface area contributed by atoms with Gasteiger partial charge in [-0.15, -0.1) is 0 Å². The van der Waals surface area contributed by atoms with E-state index in [4.69, 9.17) is 16.3 Å². The molecule has 0 aliphatic carbocycles. The topological polar surface area (TPSA) is 34.1 Å². The van der Waals surface area contributed by atoms with Crippen molar-refractivity contribution >= 4 is 11.6 Å². The van der Waals surface area contributed by atoms with Crippen molar-refractivity contribution in [3.63, 3.8) is 0 Å². The Morgan fingerprint density at radius 1 is 1.19 bits per heavy atom. The minimum Gasteiger partial charge on any atom is -0.457 e. The number of nitrogens with one attached hydrogen (secondary N) is 1. The molecule has 0 saturated carbocycles. The molecular weight excluding hydrogens is 284 g/mol. The summed E-state index contributed by atoms with van der Waals surface area (Å²) >= 11 is 5.98. The van der Waals surface area contributed by atoms with Gasteiger partial charge in [-0.05, 0) is 57.5 Å². The first-order valence-corrected chi connectivity index (χ1v) is 7.35. The van der Waals surface area contributed by atoms with Gasteiger partial charge in [0.05, 0.1) is 0 Å². The monoisotopic (exact) mass is 304 g/mol. The van der Waals surface area contributed by atoms with E-state index >= 15 is 0 Å². The third kappa shape index (κ3) is 4.73. The van der Waals surface area contributed by atoms with Crippen LogP contribution in [0.3, 0.4) is 0 Å². The molecular formula is C17H21ClN2O. The standard InChI is InChI=1S/C17H21ClN2O/c1-12-9-14(18)5-6-15(12)21-16-7-8-19-10-13(16)11-20-17(2,3)4/h5-10,20H,11H2,1-4H3. The molecule has 3 nitrogen and oxygen atoms in total. The second kappa shape index (κ2) is 6.46. The highest BCUT2D eigenvalue weighted by atomic mass is 35.5. The first-order valence-electron chi connectivity index (χ1n) is 6.97. The van der Waals surface area contributed by atoms with Crippen LogP contribution in [0.4, 0.5) is 0 Å². The van der Waals surface area contributed by atoms with E-state index in [0.29, 0.717) is 11.6 Å². The number of hydrogen-bond donors (Lipinski definition) is 1. The first kappa shape index (κ1) is 15.8. The third-order valence-corrected chi connectivity index (χ3v) is 3.26. The summed E-state index contributed by atoms with van der Waals surface area (Å²) in [6.07, 6.45) is 3.57. The van der Waals surface area contributed by atoms with Crippen molar-refractivity contribution in [2.24, 2.45) is 0 Å². The Kier molecular flexibility index (Phi) is 4.86. The van der Waals surface area contributed by atoms with E-state index in [0.717, 1.165) is 22.6 Å². The van der Waals surface area contributed by atoms with Crippen LogP contribution in [-0.4, -0.2) is 10.5 Å². The molecule has 0 fully saturated rings. The molecule has 21 heavy (non-hydrogen) atoms. The Balaban J connectivity index is 2.20. The second-order valence-corrected chi connectivity index (χ2v) is 6.54. The van der Waals surface area contributed by atoms with Crippen molar-refractivity contribution in [1.82, 2.24) is 10.3 Å². The zero-order chi connectivity index (χ0) is 15.5. The number of pyridine rings is 1. The SMILES string of the molecule is Cc1cc(Cl)ccc1Oc1ccncc1CNC(C)(C)C. The average Bonchev–Trinajstić information content (AvgIpc) is 2.40. The Bertz CT molecular complexity index is 620. The van der Waals surface area contributed by atoms with E-state index < -0.39 is 0 Å². The number of aromatic nitrogens is 1. The zero-order valence-corrected chi connectivity index (χ0v) is 13.7. The Morgan fingerprint density at radius 3 is 2.62 bits per heavy atom. The minimum absolute atomic E-state index is 0.0449. The van der Waals surface area contributed by atoms with Crippen molar-refractivity contribution in [1.29, 1.82) is 0 Å². The number of hydrogen-bond acceptors (Lipinski definition) is 3. The van der Waals surface area contributed by atoms with Gasteiger partial charge in [0.1, 0.15) is 11.5 Å². The van der Waals surface area contributed by atoms with E-state index in [1.54, 1.807) is 6.20 Å². The molecule has 0 bridgehead atoms. The van der Waals surface area contributed by atoms with Gasteiger partial charge in [0.2, 0.25) is 0 Å². The summed E-state index contributed by atoms with van der Waals surface area (Å²) < 4.78 is 6.02. The van der Waals surface area contributed by atoms with E-state index in [1.165, 1.54) is 0 Å². The number of halogens is 1. The van der Waals surface area contributed by atoms with E-state index in [2.05, 4.69) is 31.1 Å². The number of aryl methyl sites for hydroxylation is 1. The van der Waals surface area contributed by atoms with Gasteiger partial charge in [0.25, 0.3) is 0 Å². The van der Waals surface area contributed by atoms with Crippen LogP contribution >= 0.6 is 11.6 Å². The molecule has 0 amide bonds. The molecule has 2 aromatic rings. The maximum atomic E-state index is 6.02. The van der Waals surface area contributed by atoms with Crippen molar-refractivity contribution < 1.29 is 4.74 Å². The molecule has 1 heterocycles. The van der Waals surface area contributed by atoms with Crippen LogP contribution < -0.4 is 10.1 Å². The molecule has 0 spiro atoms. The molecule has 0 aliphatic heterocycles. The molecule has 2 rings (SSSR count).